The summed E-state index contributed by atoms with van der Waals surface area (Å²) in [7, 11) is 0. The number of halogens is 2. The van der Waals surface area contributed by atoms with Crippen LogP contribution in [0.25, 0.3) is 45.4 Å². The van der Waals surface area contributed by atoms with E-state index < -0.39 is 0 Å². The first-order chi connectivity index (χ1) is 18.5. The molecule has 0 N–H and O–H groups in total. The summed E-state index contributed by atoms with van der Waals surface area (Å²) in [6, 6.07) is 26.5. The molecule has 0 atom stereocenters. The fraction of sp³-hybridized carbons (Fsp3) is 0. The highest BCUT2D eigenvalue weighted by Crippen LogP contribution is 2.36. The minimum atomic E-state index is -0.330. The van der Waals surface area contributed by atoms with Crippen molar-refractivity contribution in [1.29, 1.82) is 0 Å². The van der Waals surface area contributed by atoms with Crippen LogP contribution < -0.4 is 0 Å². The van der Waals surface area contributed by atoms with E-state index in [0.717, 1.165) is 31.0 Å². The number of fused-ring (bicyclic) bond motifs is 3. The maximum Gasteiger partial charge on any atom is 0.267 e. The molecule has 0 unspecified atom stereocenters. The zero-order valence-corrected chi connectivity index (χ0v) is 22.7. The largest absolute Gasteiger partial charge is 0.416 e. The molecule has 1 aliphatic rings. The molecular formula is C30H15Br2N3O3. The molecule has 0 bridgehead atoms. The van der Waals surface area contributed by atoms with Crippen molar-refractivity contribution in [3.8, 4) is 17.1 Å². The Hall–Kier alpha value is -4.14. The van der Waals surface area contributed by atoms with E-state index >= 15 is 0 Å². The molecule has 7 rings (SSSR count). The topological polar surface area (TPSA) is 78.0 Å². The van der Waals surface area contributed by atoms with Gasteiger partial charge in [0.15, 0.2) is 11.6 Å². The molecule has 6 nitrogen and oxygen atoms in total. The molecule has 0 amide bonds. The van der Waals surface area contributed by atoms with Gasteiger partial charge in [0.1, 0.15) is 5.82 Å². The lowest BCUT2D eigenvalue weighted by atomic mass is 10.0. The van der Waals surface area contributed by atoms with E-state index in [-0.39, 0.29) is 17.1 Å². The smallest absolute Gasteiger partial charge is 0.267 e. The Morgan fingerprint density at radius 1 is 0.737 bits per heavy atom. The van der Waals surface area contributed by atoms with E-state index in [1.807, 2.05) is 72.8 Å². The quantitative estimate of drug-likeness (QED) is 0.148. The molecule has 0 saturated heterocycles. The minimum Gasteiger partial charge on any atom is -0.416 e. The Balaban J connectivity index is 1.39. The number of carbonyl (C=O) groups excluding carboxylic acids is 2. The number of carbonyl (C=O) groups is 2. The first kappa shape index (κ1) is 23.0. The molecule has 38 heavy (non-hydrogen) atoms. The van der Waals surface area contributed by atoms with Crippen molar-refractivity contribution in [3.63, 3.8) is 0 Å². The number of nitrogens with zero attached hydrogens (tertiary/aromatic N) is 3. The number of allylic oxidation sites excluding steroid dienone is 1. The van der Waals surface area contributed by atoms with Crippen LogP contribution in [0.5, 0.6) is 0 Å². The SMILES string of the molecule is O=C1C(=Cc2nc3oc(-c4ccccc4)nc3n2-c2ccccc2)C(=O)c2cc3cc(Br)c(Br)cc3cc21. The summed E-state index contributed by atoms with van der Waals surface area (Å²) in [5.41, 5.74) is 3.25. The molecular weight excluding hydrogens is 610 g/mol. The summed E-state index contributed by atoms with van der Waals surface area (Å²) >= 11 is 7.01. The fourth-order valence-electron chi connectivity index (χ4n) is 4.74. The monoisotopic (exact) mass is 623 g/mol. The molecule has 1 aliphatic carbocycles. The van der Waals surface area contributed by atoms with Crippen LogP contribution in [-0.2, 0) is 0 Å². The molecule has 0 radical (unpaired) electrons. The highest BCUT2D eigenvalue weighted by Gasteiger charge is 2.34. The van der Waals surface area contributed by atoms with Crippen LogP contribution in [0.1, 0.15) is 26.5 Å². The van der Waals surface area contributed by atoms with Gasteiger partial charge in [-0.15, -0.1) is 0 Å². The lowest BCUT2D eigenvalue weighted by Crippen LogP contribution is -2.04. The van der Waals surface area contributed by atoms with Gasteiger partial charge < -0.3 is 4.42 Å². The van der Waals surface area contributed by atoms with Crippen molar-refractivity contribution < 1.29 is 14.0 Å². The third kappa shape index (κ3) is 3.60. The normalized spacial score (nSPS) is 13.1. The molecule has 2 aromatic heterocycles. The molecule has 0 fully saturated rings. The van der Waals surface area contributed by atoms with E-state index in [4.69, 9.17) is 9.40 Å². The number of rotatable bonds is 3. The number of Topliss-reactive ketones (excluding diaryl/α,β-unsaturated/α-hetero) is 2. The second kappa shape index (κ2) is 8.72. The average Bonchev–Trinajstić information content (AvgIpc) is 3.56. The Morgan fingerprint density at radius 3 is 1.92 bits per heavy atom. The van der Waals surface area contributed by atoms with Crippen molar-refractivity contribution in [2.24, 2.45) is 0 Å². The summed E-state index contributed by atoms with van der Waals surface area (Å²) < 4.78 is 9.53. The van der Waals surface area contributed by atoms with Crippen molar-refractivity contribution in [3.05, 3.63) is 116 Å². The molecule has 8 heteroatoms. The van der Waals surface area contributed by atoms with E-state index in [2.05, 4.69) is 36.8 Å². The van der Waals surface area contributed by atoms with Gasteiger partial charge in [-0.2, -0.15) is 9.97 Å². The molecule has 2 heterocycles. The lowest BCUT2D eigenvalue weighted by Gasteiger charge is -2.05. The van der Waals surface area contributed by atoms with Crippen LogP contribution in [0.2, 0.25) is 0 Å². The van der Waals surface area contributed by atoms with Gasteiger partial charge in [-0.25, -0.2) is 0 Å². The van der Waals surface area contributed by atoms with Crippen molar-refractivity contribution in [2.75, 3.05) is 0 Å². The molecule has 0 saturated carbocycles. The zero-order valence-electron chi connectivity index (χ0n) is 19.5. The molecule has 6 aromatic rings. The number of aromatic nitrogens is 3. The molecule has 4 aromatic carbocycles. The van der Waals surface area contributed by atoms with E-state index in [0.29, 0.717) is 34.2 Å². The van der Waals surface area contributed by atoms with Crippen LogP contribution in [0, 0.1) is 0 Å². The second-order valence-electron chi connectivity index (χ2n) is 8.88. The van der Waals surface area contributed by atoms with Gasteiger partial charge >= 0.3 is 0 Å². The first-order valence-corrected chi connectivity index (χ1v) is 13.3. The maximum absolute atomic E-state index is 13.5. The van der Waals surface area contributed by atoms with Crippen LogP contribution in [0.4, 0.5) is 0 Å². The number of hydrogen-bond acceptors (Lipinski definition) is 5. The van der Waals surface area contributed by atoms with Crippen molar-refractivity contribution >= 4 is 71.6 Å². The Kier molecular flexibility index (Phi) is 5.28. The lowest BCUT2D eigenvalue weighted by molar-refractivity contribution is 0.0990. The van der Waals surface area contributed by atoms with Crippen molar-refractivity contribution in [1.82, 2.24) is 14.5 Å². The number of para-hydroxylation sites is 1. The Morgan fingerprint density at radius 2 is 1.32 bits per heavy atom. The Labute approximate surface area is 232 Å². The fourth-order valence-corrected chi connectivity index (χ4v) is 5.46. The van der Waals surface area contributed by atoms with Crippen LogP contribution in [0.3, 0.4) is 0 Å². The van der Waals surface area contributed by atoms with Crippen LogP contribution >= 0.6 is 31.9 Å². The molecule has 0 spiro atoms. The predicted molar refractivity (Wildman–Crippen MR) is 153 cm³/mol. The summed E-state index contributed by atoms with van der Waals surface area (Å²) in [4.78, 5) is 36.3. The second-order valence-corrected chi connectivity index (χ2v) is 10.6. The number of hydrogen-bond donors (Lipinski definition) is 0. The van der Waals surface area contributed by atoms with Crippen LogP contribution in [0.15, 0.2) is 104 Å². The maximum atomic E-state index is 13.5. The zero-order chi connectivity index (χ0) is 26.0. The highest BCUT2D eigenvalue weighted by molar-refractivity contribution is 9.13. The molecule has 182 valence electrons. The van der Waals surface area contributed by atoms with Crippen molar-refractivity contribution in [2.45, 2.75) is 0 Å². The predicted octanol–water partition coefficient (Wildman–Crippen LogP) is 7.82. The summed E-state index contributed by atoms with van der Waals surface area (Å²) in [5.74, 6) is 0.166. The van der Waals surface area contributed by atoms with Gasteiger partial charge in [-0.3, -0.25) is 14.2 Å². The first-order valence-electron chi connectivity index (χ1n) is 11.7. The van der Waals surface area contributed by atoms with E-state index in [1.54, 1.807) is 16.7 Å². The molecule has 0 aliphatic heterocycles. The Bertz CT molecular complexity index is 1910. The number of ketones is 2. The van der Waals surface area contributed by atoms with Crippen LogP contribution in [-0.4, -0.2) is 26.1 Å². The van der Waals surface area contributed by atoms with Gasteiger partial charge in [-0.1, -0.05) is 36.4 Å². The van der Waals surface area contributed by atoms with E-state index in [1.165, 1.54) is 6.08 Å². The third-order valence-electron chi connectivity index (χ3n) is 6.55. The van der Waals surface area contributed by atoms with E-state index in [9.17, 15) is 9.59 Å². The minimum absolute atomic E-state index is 0.0570. The third-order valence-corrected chi connectivity index (χ3v) is 8.40. The van der Waals surface area contributed by atoms with Gasteiger partial charge in [0.05, 0.1) is 5.57 Å². The average molecular weight is 625 g/mol. The summed E-state index contributed by atoms with van der Waals surface area (Å²) in [6.45, 7) is 0. The standard InChI is InChI=1S/C30H15Br2N3O3/c31-23-13-17-11-20-21(12-18(17)14-24(23)32)27(37)22(26(20)36)15-25-33-30-28(35(25)19-9-5-2-6-10-19)34-29(38-30)16-7-3-1-4-8-16/h1-15H. The number of oxazole rings is 1. The van der Waals surface area contributed by atoms with Gasteiger partial charge in [0.2, 0.25) is 11.5 Å². The summed E-state index contributed by atoms with van der Waals surface area (Å²) in [5, 5.41) is 1.73. The highest BCUT2D eigenvalue weighted by atomic mass is 79.9. The van der Waals surface area contributed by atoms with Gasteiger partial charge in [0, 0.05) is 31.3 Å². The number of imidazole rings is 1. The number of benzene rings is 4. The van der Waals surface area contributed by atoms with Gasteiger partial charge in [-0.05, 0) is 97.2 Å². The van der Waals surface area contributed by atoms with Gasteiger partial charge in [0.25, 0.3) is 5.71 Å². The summed E-state index contributed by atoms with van der Waals surface area (Å²) in [6.07, 6.45) is 1.54.